The third kappa shape index (κ3) is 2.66. The van der Waals surface area contributed by atoms with Gasteiger partial charge in [0, 0.05) is 29.7 Å². The molecule has 0 bridgehead atoms. The van der Waals surface area contributed by atoms with E-state index in [1.165, 1.54) is 0 Å². The molecule has 1 aromatic carbocycles. The summed E-state index contributed by atoms with van der Waals surface area (Å²) in [5, 5.41) is 0.584. The third-order valence-electron chi connectivity index (χ3n) is 2.90. The summed E-state index contributed by atoms with van der Waals surface area (Å²) in [4.78, 5) is 13.4. The van der Waals surface area contributed by atoms with E-state index in [1.54, 1.807) is 18.2 Å². The van der Waals surface area contributed by atoms with Gasteiger partial charge < -0.3 is 16.4 Å². The van der Waals surface area contributed by atoms with Crippen LogP contribution in [-0.2, 0) is 0 Å². The molecular weight excluding hydrogens is 234 g/mol. The lowest BCUT2D eigenvalue weighted by molar-refractivity contribution is 0.100. The molecule has 1 aliphatic heterocycles. The lowest BCUT2D eigenvalue weighted by Gasteiger charge is -2.33. The molecule has 1 atom stereocenters. The molecule has 1 heterocycles. The van der Waals surface area contributed by atoms with Crippen LogP contribution in [0.4, 0.5) is 11.4 Å². The average Bonchev–Trinajstić information content (AvgIpc) is 2.29. The summed E-state index contributed by atoms with van der Waals surface area (Å²) in [7, 11) is 0. The highest BCUT2D eigenvalue weighted by Crippen LogP contribution is 2.29. The molecule has 1 saturated heterocycles. The minimum Gasteiger partial charge on any atom is -0.397 e. The Labute approximate surface area is 105 Å². The Kier molecular flexibility index (Phi) is 3.47. The molecule has 1 unspecified atom stereocenters. The third-order valence-corrected chi connectivity index (χ3v) is 4.03. The zero-order chi connectivity index (χ0) is 12.4. The maximum atomic E-state index is 11.2. The van der Waals surface area contributed by atoms with Crippen LogP contribution < -0.4 is 16.4 Å². The Morgan fingerprint density at radius 2 is 2.29 bits per heavy atom. The normalized spacial score (nSPS) is 20.3. The van der Waals surface area contributed by atoms with E-state index in [1.807, 2.05) is 11.8 Å². The molecule has 5 heteroatoms. The molecule has 1 aliphatic rings. The summed E-state index contributed by atoms with van der Waals surface area (Å²) in [6, 6.07) is 5.21. The SMILES string of the molecule is CC1CN(c2cc(C(N)=O)ccc2N)CCS1. The van der Waals surface area contributed by atoms with Gasteiger partial charge in [-0.25, -0.2) is 0 Å². The summed E-state index contributed by atoms with van der Waals surface area (Å²) in [5.74, 6) is 0.673. The molecule has 0 saturated carbocycles. The maximum absolute atomic E-state index is 11.2. The Bertz CT molecular complexity index is 436. The standard InChI is InChI=1S/C12H17N3OS/c1-8-7-15(4-5-17-8)11-6-9(12(14)16)2-3-10(11)13/h2-3,6,8H,4-5,7,13H2,1H3,(H2,14,16). The summed E-state index contributed by atoms with van der Waals surface area (Å²) < 4.78 is 0. The van der Waals surface area contributed by atoms with Crippen molar-refractivity contribution in [2.24, 2.45) is 5.73 Å². The smallest absolute Gasteiger partial charge is 0.248 e. The zero-order valence-corrected chi connectivity index (χ0v) is 10.7. The highest BCUT2D eigenvalue weighted by Gasteiger charge is 2.19. The molecule has 92 valence electrons. The Hall–Kier alpha value is -1.36. The fraction of sp³-hybridized carbons (Fsp3) is 0.417. The van der Waals surface area contributed by atoms with E-state index in [-0.39, 0.29) is 0 Å². The number of nitrogens with two attached hydrogens (primary N) is 2. The zero-order valence-electron chi connectivity index (χ0n) is 9.85. The summed E-state index contributed by atoms with van der Waals surface area (Å²) in [5.41, 5.74) is 13.4. The van der Waals surface area contributed by atoms with Crippen LogP contribution >= 0.6 is 11.8 Å². The van der Waals surface area contributed by atoms with Gasteiger partial charge in [-0.05, 0) is 18.2 Å². The number of nitrogens with zero attached hydrogens (tertiary/aromatic N) is 1. The van der Waals surface area contributed by atoms with Crippen molar-refractivity contribution >= 4 is 29.0 Å². The molecule has 0 spiro atoms. The molecule has 1 aromatic rings. The fourth-order valence-corrected chi connectivity index (χ4v) is 3.02. The Balaban J connectivity index is 2.29. The Morgan fingerprint density at radius 3 is 2.94 bits per heavy atom. The van der Waals surface area contributed by atoms with Crippen molar-refractivity contribution in [2.75, 3.05) is 29.5 Å². The first kappa shape index (κ1) is 12.1. The molecule has 17 heavy (non-hydrogen) atoms. The highest BCUT2D eigenvalue weighted by atomic mass is 32.2. The Morgan fingerprint density at radius 1 is 1.53 bits per heavy atom. The van der Waals surface area contributed by atoms with Gasteiger partial charge in [0.1, 0.15) is 0 Å². The fourth-order valence-electron chi connectivity index (χ4n) is 2.01. The second kappa shape index (κ2) is 4.87. The number of benzene rings is 1. The van der Waals surface area contributed by atoms with Gasteiger partial charge in [-0.1, -0.05) is 6.92 Å². The minimum atomic E-state index is -0.411. The van der Waals surface area contributed by atoms with Crippen molar-refractivity contribution in [2.45, 2.75) is 12.2 Å². The molecule has 4 nitrogen and oxygen atoms in total. The number of amides is 1. The van der Waals surface area contributed by atoms with Gasteiger partial charge in [0.2, 0.25) is 5.91 Å². The van der Waals surface area contributed by atoms with Gasteiger partial charge in [0.15, 0.2) is 0 Å². The van der Waals surface area contributed by atoms with Crippen molar-refractivity contribution in [3.8, 4) is 0 Å². The van der Waals surface area contributed by atoms with Crippen molar-refractivity contribution in [3.63, 3.8) is 0 Å². The second-order valence-corrected chi connectivity index (χ2v) is 5.81. The number of primary amides is 1. The van der Waals surface area contributed by atoms with Crippen molar-refractivity contribution in [3.05, 3.63) is 23.8 Å². The number of anilines is 2. The predicted molar refractivity (Wildman–Crippen MR) is 73.5 cm³/mol. The van der Waals surface area contributed by atoms with E-state index in [9.17, 15) is 4.79 Å². The van der Waals surface area contributed by atoms with Gasteiger partial charge in [-0.2, -0.15) is 11.8 Å². The quantitative estimate of drug-likeness (QED) is 0.777. The second-order valence-electron chi connectivity index (χ2n) is 4.27. The lowest BCUT2D eigenvalue weighted by atomic mass is 10.1. The average molecular weight is 251 g/mol. The van der Waals surface area contributed by atoms with E-state index >= 15 is 0 Å². The summed E-state index contributed by atoms with van der Waals surface area (Å²) >= 11 is 1.96. The summed E-state index contributed by atoms with van der Waals surface area (Å²) in [6.07, 6.45) is 0. The van der Waals surface area contributed by atoms with Crippen LogP contribution in [-0.4, -0.2) is 30.0 Å². The lowest BCUT2D eigenvalue weighted by Crippen LogP contribution is -2.37. The predicted octanol–water partition coefficient (Wildman–Crippen LogP) is 1.31. The topological polar surface area (TPSA) is 72.3 Å². The van der Waals surface area contributed by atoms with E-state index in [2.05, 4.69) is 11.8 Å². The molecule has 1 fully saturated rings. The van der Waals surface area contributed by atoms with Crippen molar-refractivity contribution < 1.29 is 4.79 Å². The largest absolute Gasteiger partial charge is 0.397 e. The highest BCUT2D eigenvalue weighted by molar-refractivity contribution is 8.00. The molecule has 2 rings (SSSR count). The number of carbonyl (C=O) groups excluding carboxylic acids is 1. The first-order chi connectivity index (χ1) is 8.08. The number of rotatable bonds is 2. The molecule has 1 amide bonds. The number of nitrogen functional groups attached to an aromatic ring is 1. The van der Waals surface area contributed by atoms with Crippen LogP contribution in [0.2, 0.25) is 0 Å². The molecule has 0 radical (unpaired) electrons. The van der Waals surface area contributed by atoms with Gasteiger partial charge in [-0.3, -0.25) is 4.79 Å². The van der Waals surface area contributed by atoms with Crippen LogP contribution in [0.1, 0.15) is 17.3 Å². The first-order valence-corrected chi connectivity index (χ1v) is 6.68. The van der Waals surface area contributed by atoms with Gasteiger partial charge >= 0.3 is 0 Å². The molecule has 0 aliphatic carbocycles. The van der Waals surface area contributed by atoms with Crippen LogP contribution in [0, 0.1) is 0 Å². The monoisotopic (exact) mass is 251 g/mol. The number of carbonyl (C=O) groups is 1. The minimum absolute atomic E-state index is 0.411. The molecule has 0 aromatic heterocycles. The molecule has 4 N–H and O–H groups in total. The van der Waals surface area contributed by atoms with Crippen LogP contribution in [0.25, 0.3) is 0 Å². The van der Waals surface area contributed by atoms with Crippen LogP contribution in [0.15, 0.2) is 18.2 Å². The number of thioether (sulfide) groups is 1. The van der Waals surface area contributed by atoms with Gasteiger partial charge in [-0.15, -0.1) is 0 Å². The van der Waals surface area contributed by atoms with E-state index < -0.39 is 5.91 Å². The van der Waals surface area contributed by atoms with E-state index in [4.69, 9.17) is 11.5 Å². The van der Waals surface area contributed by atoms with E-state index in [0.717, 1.165) is 24.5 Å². The first-order valence-electron chi connectivity index (χ1n) is 5.64. The number of hydrogen-bond donors (Lipinski definition) is 2. The van der Waals surface area contributed by atoms with Crippen molar-refractivity contribution in [1.29, 1.82) is 0 Å². The van der Waals surface area contributed by atoms with Crippen LogP contribution in [0.5, 0.6) is 0 Å². The van der Waals surface area contributed by atoms with Crippen LogP contribution in [0.3, 0.4) is 0 Å². The van der Waals surface area contributed by atoms with E-state index in [0.29, 0.717) is 16.5 Å². The van der Waals surface area contributed by atoms with Gasteiger partial charge in [0.25, 0.3) is 0 Å². The molecular formula is C12H17N3OS. The number of hydrogen-bond acceptors (Lipinski definition) is 4. The van der Waals surface area contributed by atoms with Gasteiger partial charge in [0.05, 0.1) is 11.4 Å². The maximum Gasteiger partial charge on any atom is 0.248 e. The summed E-state index contributed by atoms with van der Waals surface area (Å²) in [6.45, 7) is 4.11. The van der Waals surface area contributed by atoms with Crippen molar-refractivity contribution in [1.82, 2.24) is 0 Å².